The van der Waals surface area contributed by atoms with Gasteiger partial charge >= 0.3 is 0 Å². The van der Waals surface area contributed by atoms with Crippen molar-refractivity contribution in [3.05, 3.63) is 83.6 Å². The van der Waals surface area contributed by atoms with Crippen molar-refractivity contribution in [2.24, 2.45) is 0 Å². The molecule has 9 heteroatoms. The highest BCUT2D eigenvalue weighted by atomic mass is 16.3. The number of hydrogen-bond acceptors (Lipinski definition) is 7. The number of aromatic nitrogens is 6. The number of hydrogen-bond donors (Lipinski definition) is 2. The number of nitriles is 1. The molecule has 0 saturated carbocycles. The lowest BCUT2D eigenvalue weighted by molar-refractivity contribution is 0.198. The van der Waals surface area contributed by atoms with Crippen molar-refractivity contribution < 1.29 is 5.11 Å². The van der Waals surface area contributed by atoms with Crippen LogP contribution in [0.1, 0.15) is 35.5 Å². The highest BCUT2D eigenvalue weighted by Crippen LogP contribution is 2.26. The van der Waals surface area contributed by atoms with E-state index in [9.17, 15) is 10.4 Å². The SMILES string of the molecule is Cc1ccc(Nc2ccc3c(c2)ncn3-c2ccc(C(C)O)c(-n3nc(C#N)cc3C)n2)nc1. The number of imidazole rings is 1. The maximum atomic E-state index is 10.3. The number of nitrogens with one attached hydrogen (secondary N) is 1. The Balaban J connectivity index is 1.55. The largest absolute Gasteiger partial charge is 0.389 e. The molecule has 4 heterocycles. The van der Waals surface area contributed by atoms with Crippen molar-refractivity contribution in [2.45, 2.75) is 26.9 Å². The molecule has 0 aliphatic carbocycles. The molecule has 0 aliphatic heterocycles. The third-order valence-electron chi connectivity index (χ3n) is 5.52. The first kappa shape index (κ1) is 21.3. The lowest BCUT2D eigenvalue weighted by Gasteiger charge is -2.14. The van der Waals surface area contributed by atoms with E-state index in [0.717, 1.165) is 33.8 Å². The van der Waals surface area contributed by atoms with Crippen LogP contribution in [0.2, 0.25) is 0 Å². The average molecular weight is 451 g/mol. The highest BCUT2D eigenvalue weighted by Gasteiger charge is 2.17. The van der Waals surface area contributed by atoms with Gasteiger partial charge in [0, 0.05) is 23.1 Å². The molecule has 34 heavy (non-hydrogen) atoms. The Bertz CT molecular complexity index is 1540. The Morgan fingerprint density at radius 2 is 1.91 bits per heavy atom. The topological polar surface area (TPSA) is 117 Å². The Kier molecular flexibility index (Phi) is 5.28. The van der Waals surface area contributed by atoms with Crippen molar-refractivity contribution in [3.8, 4) is 17.7 Å². The molecule has 0 spiro atoms. The summed E-state index contributed by atoms with van der Waals surface area (Å²) in [5.41, 5.74) is 5.30. The van der Waals surface area contributed by atoms with Crippen LogP contribution in [0, 0.1) is 25.2 Å². The molecule has 1 unspecified atom stereocenters. The van der Waals surface area contributed by atoms with E-state index < -0.39 is 6.10 Å². The highest BCUT2D eigenvalue weighted by molar-refractivity contribution is 5.82. The molecular formula is C25H22N8O. The van der Waals surface area contributed by atoms with Crippen LogP contribution in [-0.2, 0) is 0 Å². The number of aliphatic hydroxyl groups is 1. The Labute approximate surface area is 196 Å². The van der Waals surface area contributed by atoms with Gasteiger partial charge in [0.2, 0.25) is 0 Å². The van der Waals surface area contributed by atoms with E-state index in [1.54, 1.807) is 24.0 Å². The lowest BCUT2D eigenvalue weighted by Crippen LogP contribution is -2.10. The summed E-state index contributed by atoms with van der Waals surface area (Å²) in [5, 5.41) is 27.2. The van der Waals surface area contributed by atoms with Gasteiger partial charge in [-0.05, 0) is 68.8 Å². The molecular weight excluding hydrogens is 428 g/mol. The second kappa shape index (κ2) is 8.42. The number of nitrogens with zero attached hydrogens (tertiary/aromatic N) is 7. The number of benzene rings is 1. The molecule has 1 atom stereocenters. The third-order valence-corrected chi connectivity index (χ3v) is 5.52. The molecule has 0 saturated heterocycles. The minimum Gasteiger partial charge on any atom is -0.389 e. The second-order valence-corrected chi connectivity index (χ2v) is 8.12. The minimum absolute atomic E-state index is 0.289. The molecule has 9 nitrogen and oxygen atoms in total. The molecule has 168 valence electrons. The van der Waals surface area contributed by atoms with Gasteiger partial charge in [0.05, 0.1) is 17.1 Å². The number of fused-ring (bicyclic) bond motifs is 1. The van der Waals surface area contributed by atoms with E-state index in [-0.39, 0.29) is 5.69 Å². The van der Waals surface area contributed by atoms with Gasteiger partial charge in [-0.15, -0.1) is 0 Å². The van der Waals surface area contributed by atoms with Crippen LogP contribution >= 0.6 is 0 Å². The van der Waals surface area contributed by atoms with Gasteiger partial charge in [-0.25, -0.2) is 19.6 Å². The maximum Gasteiger partial charge on any atom is 0.163 e. The quantitative estimate of drug-likeness (QED) is 0.410. The molecule has 1 aromatic carbocycles. The van der Waals surface area contributed by atoms with Crippen molar-refractivity contribution in [1.29, 1.82) is 5.26 Å². The van der Waals surface area contributed by atoms with E-state index in [2.05, 4.69) is 26.5 Å². The smallest absolute Gasteiger partial charge is 0.163 e. The molecule has 2 N–H and O–H groups in total. The van der Waals surface area contributed by atoms with Gasteiger partial charge in [0.25, 0.3) is 0 Å². The number of aliphatic hydroxyl groups excluding tert-OH is 1. The molecule has 5 aromatic rings. The molecule has 0 radical (unpaired) electrons. The van der Waals surface area contributed by atoms with Crippen molar-refractivity contribution in [1.82, 2.24) is 29.3 Å². The fourth-order valence-corrected chi connectivity index (χ4v) is 3.79. The zero-order chi connectivity index (χ0) is 23.8. The summed E-state index contributed by atoms with van der Waals surface area (Å²) >= 11 is 0. The van der Waals surface area contributed by atoms with Crippen LogP contribution in [0.15, 0.2) is 61.1 Å². The number of rotatable bonds is 5. The Hall–Kier alpha value is -4.55. The maximum absolute atomic E-state index is 10.3. The summed E-state index contributed by atoms with van der Waals surface area (Å²) in [6.45, 7) is 5.52. The van der Waals surface area contributed by atoms with Gasteiger partial charge in [-0.1, -0.05) is 6.07 Å². The van der Waals surface area contributed by atoms with Crippen LogP contribution in [0.25, 0.3) is 22.7 Å². The van der Waals surface area contributed by atoms with Gasteiger partial charge < -0.3 is 10.4 Å². The lowest BCUT2D eigenvalue weighted by atomic mass is 10.1. The fourth-order valence-electron chi connectivity index (χ4n) is 3.79. The molecule has 0 fully saturated rings. The number of pyridine rings is 2. The minimum atomic E-state index is -0.755. The summed E-state index contributed by atoms with van der Waals surface area (Å²) in [5.74, 6) is 1.85. The average Bonchev–Trinajstić information content (AvgIpc) is 3.43. The predicted molar refractivity (Wildman–Crippen MR) is 128 cm³/mol. The van der Waals surface area contributed by atoms with Crippen LogP contribution in [0.5, 0.6) is 0 Å². The van der Waals surface area contributed by atoms with Gasteiger partial charge in [0.1, 0.15) is 24.0 Å². The zero-order valence-corrected chi connectivity index (χ0v) is 18.9. The normalized spacial score (nSPS) is 12.0. The Morgan fingerprint density at radius 3 is 2.62 bits per heavy atom. The fraction of sp³-hybridized carbons (Fsp3) is 0.160. The van der Waals surface area contributed by atoms with Crippen LogP contribution in [0.4, 0.5) is 11.5 Å². The number of aryl methyl sites for hydroxylation is 2. The van der Waals surface area contributed by atoms with Crippen molar-refractivity contribution in [2.75, 3.05) is 5.32 Å². The van der Waals surface area contributed by atoms with Gasteiger partial charge in [-0.2, -0.15) is 10.4 Å². The van der Waals surface area contributed by atoms with Crippen LogP contribution < -0.4 is 5.32 Å². The van der Waals surface area contributed by atoms with Crippen LogP contribution in [0.3, 0.4) is 0 Å². The Morgan fingerprint density at radius 1 is 1.06 bits per heavy atom. The molecule has 4 aromatic heterocycles. The summed E-state index contributed by atoms with van der Waals surface area (Å²) in [6, 6.07) is 17.2. The summed E-state index contributed by atoms with van der Waals surface area (Å²) in [7, 11) is 0. The first-order valence-corrected chi connectivity index (χ1v) is 10.8. The number of anilines is 2. The monoisotopic (exact) mass is 450 g/mol. The van der Waals surface area contributed by atoms with E-state index >= 15 is 0 Å². The second-order valence-electron chi connectivity index (χ2n) is 8.12. The van der Waals surface area contributed by atoms with Crippen molar-refractivity contribution in [3.63, 3.8) is 0 Å². The van der Waals surface area contributed by atoms with E-state index in [0.29, 0.717) is 17.2 Å². The van der Waals surface area contributed by atoms with Crippen LogP contribution in [-0.4, -0.2) is 34.4 Å². The zero-order valence-electron chi connectivity index (χ0n) is 18.9. The molecule has 0 amide bonds. The van der Waals surface area contributed by atoms with Gasteiger partial charge in [0.15, 0.2) is 11.5 Å². The summed E-state index contributed by atoms with van der Waals surface area (Å²) in [4.78, 5) is 13.7. The first-order valence-electron chi connectivity index (χ1n) is 10.8. The standard InChI is InChI=1S/C25H22N8O/c1-15-4-8-23(27-13-15)29-18-5-7-22-21(11-18)28-14-32(22)24-9-6-20(17(3)34)25(30-24)33-16(2)10-19(12-26)31-33/h4-11,13-14,17,34H,1-3H3,(H,27,29). The van der Waals surface area contributed by atoms with Crippen molar-refractivity contribution >= 4 is 22.5 Å². The van der Waals surface area contributed by atoms with E-state index in [1.165, 1.54) is 0 Å². The summed E-state index contributed by atoms with van der Waals surface area (Å²) < 4.78 is 3.46. The molecule has 0 bridgehead atoms. The third kappa shape index (κ3) is 3.87. The first-order chi connectivity index (χ1) is 16.4. The summed E-state index contributed by atoms with van der Waals surface area (Å²) in [6.07, 6.45) is 2.77. The molecule has 0 aliphatic rings. The van der Waals surface area contributed by atoms with E-state index in [1.807, 2.05) is 67.1 Å². The molecule has 5 rings (SSSR count). The van der Waals surface area contributed by atoms with E-state index in [4.69, 9.17) is 4.98 Å². The van der Waals surface area contributed by atoms with Gasteiger partial charge in [-0.3, -0.25) is 4.57 Å². The predicted octanol–water partition coefficient (Wildman–Crippen LogP) is 4.29.